The fraction of sp³-hybridized carbons (Fsp3) is 0.852. The van der Waals surface area contributed by atoms with Crippen molar-refractivity contribution in [2.24, 2.45) is 34.5 Å². The molecule has 8 atom stereocenters. The van der Waals surface area contributed by atoms with Crippen LogP contribution in [-0.4, -0.2) is 42.5 Å². The van der Waals surface area contributed by atoms with Gasteiger partial charge in [0.25, 0.3) is 0 Å². The highest BCUT2D eigenvalue weighted by atomic mass is 16.5. The molecule has 0 aromatic carbocycles. The second kappa shape index (κ2) is 10.4. The van der Waals surface area contributed by atoms with E-state index in [9.17, 15) is 19.2 Å². The van der Waals surface area contributed by atoms with Crippen LogP contribution in [0, 0.1) is 34.5 Å². The summed E-state index contributed by atoms with van der Waals surface area (Å²) in [5.41, 5.74) is -0.515. The third-order valence-electron chi connectivity index (χ3n) is 9.36. The number of fused-ring (bicyclic) bond motifs is 1. The summed E-state index contributed by atoms with van der Waals surface area (Å²) >= 11 is 0. The number of carbonyl (C=O) groups is 4. The van der Waals surface area contributed by atoms with Crippen LogP contribution in [0.2, 0.25) is 0 Å². The first-order valence-corrected chi connectivity index (χ1v) is 12.9. The Morgan fingerprint density at radius 3 is 2.09 bits per heavy atom. The van der Waals surface area contributed by atoms with E-state index in [4.69, 9.17) is 14.2 Å². The number of Topliss-reactive ketones (excluding diaryl/α,β-unsaturated/α-hetero) is 1. The van der Waals surface area contributed by atoms with Crippen molar-refractivity contribution < 1.29 is 33.4 Å². The van der Waals surface area contributed by atoms with Gasteiger partial charge in [-0.05, 0) is 81.5 Å². The van der Waals surface area contributed by atoms with E-state index in [0.717, 1.165) is 44.9 Å². The first-order chi connectivity index (χ1) is 15.9. The zero-order chi connectivity index (χ0) is 25.3. The van der Waals surface area contributed by atoms with E-state index >= 15 is 0 Å². The summed E-state index contributed by atoms with van der Waals surface area (Å²) in [4.78, 5) is 47.8. The number of ether oxygens (including phenoxy) is 3. The SMILES string of the molecule is CC(=O)OCC[C@]1(C)[C@@H](C(C)=O)CC[C@H]1[C@@H]1CC[C@H]2C[C@@H](OC(C)=O)CC[C@]2(C)[C@H]1OC(C)=O. The molecule has 0 radical (unpaired) electrons. The highest BCUT2D eigenvalue weighted by Crippen LogP contribution is 2.61. The molecule has 0 heterocycles. The lowest BCUT2D eigenvalue weighted by atomic mass is 9.52. The van der Waals surface area contributed by atoms with Gasteiger partial charge in [-0.3, -0.25) is 19.2 Å². The maximum Gasteiger partial charge on any atom is 0.302 e. The second-order valence-electron chi connectivity index (χ2n) is 11.4. The number of ketones is 1. The zero-order valence-corrected chi connectivity index (χ0v) is 21.7. The summed E-state index contributed by atoms with van der Waals surface area (Å²) in [5.74, 6) is -0.0935. The molecule has 3 rings (SSSR count). The minimum Gasteiger partial charge on any atom is -0.466 e. The molecular weight excluding hydrogens is 436 g/mol. The van der Waals surface area contributed by atoms with Gasteiger partial charge < -0.3 is 14.2 Å². The number of hydrogen-bond donors (Lipinski definition) is 0. The third-order valence-corrected chi connectivity index (χ3v) is 9.36. The van der Waals surface area contributed by atoms with Crippen molar-refractivity contribution in [3.05, 3.63) is 0 Å². The Kier molecular flexibility index (Phi) is 8.14. The predicted octanol–water partition coefficient (Wildman–Crippen LogP) is 4.64. The molecule has 3 aliphatic carbocycles. The fourth-order valence-corrected chi connectivity index (χ4v) is 7.80. The van der Waals surface area contributed by atoms with Gasteiger partial charge in [-0.2, -0.15) is 0 Å². The van der Waals surface area contributed by atoms with Gasteiger partial charge in [-0.25, -0.2) is 0 Å². The molecule has 3 saturated carbocycles. The van der Waals surface area contributed by atoms with Crippen molar-refractivity contribution in [2.45, 2.75) is 105 Å². The monoisotopic (exact) mass is 478 g/mol. The Morgan fingerprint density at radius 1 is 0.824 bits per heavy atom. The number of hydrogen-bond acceptors (Lipinski definition) is 7. The Bertz CT molecular complexity index is 807. The zero-order valence-electron chi connectivity index (χ0n) is 21.7. The third kappa shape index (κ3) is 5.33. The summed E-state index contributed by atoms with van der Waals surface area (Å²) < 4.78 is 17.0. The maximum absolute atomic E-state index is 12.6. The molecule has 3 aliphatic rings. The van der Waals surface area contributed by atoms with Crippen LogP contribution in [0.5, 0.6) is 0 Å². The van der Waals surface area contributed by atoms with Gasteiger partial charge >= 0.3 is 17.9 Å². The quantitative estimate of drug-likeness (QED) is 0.388. The van der Waals surface area contributed by atoms with Crippen LogP contribution in [0.15, 0.2) is 0 Å². The van der Waals surface area contributed by atoms with Gasteiger partial charge in [0.2, 0.25) is 0 Å². The molecule has 0 amide bonds. The molecule has 3 fully saturated rings. The molecule has 0 saturated heterocycles. The molecule has 0 aliphatic heterocycles. The van der Waals surface area contributed by atoms with Gasteiger partial charge in [0.1, 0.15) is 18.0 Å². The molecule has 0 aromatic heterocycles. The summed E-state index contributed by atoms with van der Waals surface area (Å²) in [5, 5.41) is 0. The highest BCUT2D eigenvalue weighted by Gasteiger charge is 2.59. The summed E-state index contributed by atoms with van der Waals surface area (Å²) in [6, 6.07) is 0. The first kappa shape index (κ1) is 26.7. The van der Waals surface area contributed by atoms with Gasteiger partial charge in [0.15, 0.2) is 0 Å². The predicted molar refractivity (Wildman–Crippen MR) is 126 cm³/mol. The number of esters is 3. The molecule has 7 nitrogen and oxygen atoms in total. The lowest BCUT2D eigenvalue weighted by molar-refractivity contribution is -0.189. The Labute approximate surface area is 203 Å². The van der Waals surface area contributed by atoms with Crippen molar-refractivity contribution in [1.82, 2.24) is 0 Å². The van der Waals surface area contributed by atoms with Crippen LogP contribution in [-0.2, 0) is 33.4 Å². The molecule has 7 heteroatoms. The average molecular weight is 479 g/mol. The van der Waals surface area contributed by atoms with E-state index in [0.29, 0.717) is 18.9 Å². The van der Waals surface area contributed by atoms with Crippen LogP contribution in [0.1, 0.15) is 92.9 Å². The largest absolute Gasteiger partial charge is 0.466 e. The molecule has 0 N–H and O–H groups in total. The van der Waals surface area contributed by atoms with E-state index in [1.54, 1.807) is 6.92 Å². The molecule has 192 valence electrons. The Hall–Kier alpha value is -1.92. The standard InChI is InChI=1S/C27H42O7/c1-16(28)23-9-10-24(27(23,6)13-14-32-17(2)29)22-8-7-20-15-21(33-18(3)30)11-12-26(20,5)25(22)34-19(4)31/h20-25H,7-15H2,1-6H3/t20-,21-,22-,23+,24-,25-,26-,27+/m0/s1. The second-order valence-corrected chi connectivity index (χ2v) is 11.4. The highest BCUT2D eigenvalue weighted by molar-refractivity contribution is 5.79. The summed E-state index contributed by atoms with van der Waals surface area (Å²) in [6.07, 6.45) is 6.30. The van der Waals surface area contributed by atoms with Crippen LogP contribution >= 0.6 is 0 Å². The minimum atomic E-state index is -0.317. The van der Waals surface area contributed by atoms with Crippen molar-refractivity contribution in [1.29, 1.82) is 0 Å². The summed E-state index contributed by atoms with van der Waals surface area (Å²) in [7, 11) is 0. The van der Waals surface area contributed by atoms with Crippen LogP contribution < -0.4 is 0 Å². The summed E-state index contributed by atoms with van der Waals surface area (Å²) in [6.45, 7) is 10.7. The normalized spacial score (nSPS) is 39.6. The lowest BCUT2D eigenvalue weighted by Crippen LogP contribution is -2.56. The van der Waals surface area contributed by atoms with Crippen LogP contribution in [0.3, 0.4) is 0 Å². The van der Waals surface area contributed by atoms with Crippen LogP contribution in [0.4, 0.5) is 0 Å². The maximum atomic E-state index is 12.6. The van der Waals surface area contributed by atoms with E-state index in [1.807, 2.05) is 0 Å². The van der Waals surface area contributed by atoms with Gasteiger partial charge in [0, 0.05) is 32.1 Å². The smallest absolute Gasteiger partial charge is 0.302 e. The van der Waals surface area contributed by atoms with Crippen molar-refractivity contribution in [3.63, 3.8) is 0 Å². The molecule has 34 heavy (non-hydrogen) atoms. The molecule has 0 aromatic rings. The first-order valence-electron chi connectivity index (χ1n) is 12.9. The number of rotatable bonds is 7. The molecule has 0 unspecified atom stereocenters. The van der Waals surface area contributed by atoms with Crippen molar-refractivity contribution >= 4 is 23.7 Å². The number of carbonyl (C=O) groups excluding carboxylic acids is 4. The molecule has 0 spiro atoms. The molecule has 0 bridgehead atoms. The topological polar surface area (TPSA) is 96.0 Å². The Balaban J connectivity index is 1.89. The van der Waals surface area contributed by atoms with E-state index < -0.39 is 0 Å². The van der Waals surface area contributed by atoms with Crippen molar-refractivity contribution in [3.8, 4) is 0 Å². The van der Waals surface area contributed by atoms with Gasteiger partial charge in [-0.1, -0.05) is 13.8 Å². The average Bonchev–Trinajstić information content (AvgIpc) is 3.05. The Morgan fingerprint density at radius 2 is 1.50 bits per heavy atom. The van der Waals surface area contributed by atoms with E-state index in [-0.39, 0.29) is 64.5 Å². The van der Waals surface area contributed by atoms with E-state index in [2.05, 4.69) is 13.8 Å². The fourth-order valence-electron chi connectivity index (χ4n) is 7.80. The van der Waals surface area contributed by atoms with Crippen LogP contribution in [0.25, 0.3) is 0 Å². The van der Waals surface area contributed by atoms with Gasteiger partial charge in [-0.15, -0.1) is 0 Å². The van der Waals surface area contributed by atoms with Crippen molar-refractivity contribution in [2.75, 3.05) is 6.61 Å². The van der Waals surface area contributed by atoms with E-state index in [1.165, 1.54) is 20.8 Å². The van der Waals surface area contributed by atoms with Gasteiger partial charge in [0.05, 0.1) is 6.61 Å². The lowest BCUT2D eigenvalue weighted by Gasteiger charge is -2.56. The minimum absolute atomic E-state index is 0.0762. The molecular formula is C27H42O7.